The minimum Gasteiger partial charge on any atom is -0.256 e. The topological polar surface area (TPSA) is 12.9 Å². The second-order valence-electron chi connectivity index (χ2n) is 6.56. The van der Waals surface area contributed by atoms with Gasteiger partial charge in [0, 0.05) is 28.6 Å². The molecule has 0 radical (unpaired) electrons. The van der Waals surface area contributed by atoms with Crippen LogP contribution in [0.25, 0.3) is 27.6 Å². The summed E-state index contributed by atoms with van der Waals surface area (Å²) in [6.45, 7) is 0. The van der Waals surface area contributed by atoms with Crippen molar-refractivity contribution in [1.29, 1.82) is 0 Å². The number of rotatable bonds is 1. The van der Waals surface area contributed by atoms with Gasteiger partial charge in [-0.05, 0) is 66.3 Å². The van der Waals surface area contributed by atoms with Crippen LogP contribution in [-0.2, 0) is 0 Å². The van der Waals surface area contributed by atoms with Crippen molar-refractivity contribution in [2.24, 2.45) is 0 Å². The predicted molar refractivity (Wildman–Crippen MR) is 96.7 cm³/mol. The third-order valence-electron chi connectivity index (χ3n) is 5.24. The first-order valence-electron chi connectivity index (χ1n) is 8.31. The van der Waals surface area contributed by atoms with E-state index in [2.05, 4.69) is 23.2 Å². The minimum atomic E-state index is -0.317. The summed E-state index contributed by atoms with van der Waals surface area (Å²) in [5, 5.41) is 1.61. The number of nitrogens with zero attached hydrogens (tertiary/aromatic N) is 1. The van der Waals surface area contributed by atoms with Crippen LogP contribution in [0.5, 0.6) is 0 Å². The number of benzene rings is 2. The number of aromatic nitrogens is 1. The van der Waals surface area contributed by atoms with Crippen LogP contribution < -0.4 is 0 Å². The van der Waals surface area contributed by atoms with Gasteiger partial charge in [-0.2, -0.15) is 0 Å². The molecular formula is C21H15ClFN. The molecule has 1 nitrogen and oxygen atoms in total. The van der Waals surface area contributed by atoms with Gasteiger partial charge in [0.05, 0.1) is 10.5 Å². The fourth-order valence-electron chi connectivity index (χ4n) is 4.18. The van der Waals surface area contributed by atoms with E-state index in [1.165, 1.54) is 53.5 Å². The zero-order valence-electron chi connectivity index (χ0n) is 13.0. The Hall–Kier alpha value is -2.19. The number of pyridine rings is 1. The molecule has 118 valence electrons. The summed E-state index contributed by atoms with van der Waals surface area (Å²) in [5.74, 6) is 0.221. The Morgan fingerprint density at radius 3 is 2.92 bits per heavy atom. The van der Waals surface area contributed by atoms with E-state index in [0.717, 1.165) is 16.6 Å². The van der Waals surface area contributed by atoms with Gasteiger partial charge in [-0.1, -0.05) is 23.7 Å². The van der Waals surface area contributed by atoms with Gasteiger partial charge in [-0.25, -0.2) is 4.39 Å². The SMILES string of the molecule is Fc1ccc(-c2cc3c(c4cccnc24)C2=CCCCC23)c(Cl)c1. The molecule has 3 aromatic rings. The number of halogens is 2. The van der Waals surface area contributed by atoms with Gasteiger partial charge < -0.3 is 0 Å². The number of hydrogen-bond acceptors (Lipinski definition) is 1. The molecule has 0 saturated heterocycles. The third-order valence-corrected chi connectivity index (χ3v) is 5.56. The van der Waals surface area contributed by atoms with Gasteiger partial charge in [0.15, 0.2) is 0 Å². The van der Waals surface area contributed by atoms with Crippen molar-refractivity contribution in [3.8, 4) is 11.1 Å². The molecule has 0 bridgehead atoms. The van der Waals surface area contributed by atoms with E-state index in [1.54, 1.807) is 12.3 Å². The Balaban J connectivity index is 1.84. The highest BCUT2D eigenvalue weighted by atomic mass is 35.5. The van der Waals surface area contributed by atoms with Crippen molar-refractivity contribution in [2.75, 3.05) is 0 Å². The van der Waals surface area contributed by atoms with Crippen molar-refractivity contribution < 1.29 is 4.39 Å². The molecule has 2 aromatic carbocycles. The Kier molecular flexibility index (Phi) is 3.04. The summed E-state index contributed by atoms with van der Waals surface area (Å²) >= 11 is 6.33. The van der Waals surface area contributed by atoms with E-state index in [4.69, 9.17) is 11.6 Å². The summed E-state index contributed by atoms with van der Waals surface area (Å²) in [7, 11) is 0. The van der Waals surface area contributed by atoms with Gasteiger partial charge in [0.1, 0.15) is 5.82 Å². The van der Waals surface area contributed by atoms with E-state index >= 15 is 0 Å². The standard InChI is InChI=1S/C21H15ClFN/c22-19-10-12(23)7-8-14(19)18-11-17-13-4-1-2-5-15(13)20(17)16-6-3-9-24-21(16)18/h3,5-11,13H,1-2,4H2. The van der Waals surface area contributed by atoms with Crippen molar-refractivity contribution >= 4 is 28.1 Å². The van der Waals surface area contributed by atoms with E-state index in [-0.39, 0.29) is 5.82 Å². The molecule has 0 aliphatic heterocycles. The Morgan fingerprint density at radius 1 is 1.12 bits per heavy atom. The molecule has 0 saturated carbocycles. The van der Waals surface area contributed by atoms with Crippen LogP contribution in [0.4, 0.5) is 4.39 Å². The average molecular weight is 336 g/mol. The van der Waals surface area contributed by atoms with Crippen LogP contribution >= 0.6 is 11.6 Å². The maximum absolute atomic E-state index is 13.4. The number of fused-ring (bicyclic) bond motifs is 6. The largest absolute Gasteiger partial charge is 0.256 e. The summed E-state index contributed by atoms with van der Waals surface area (Å²) in [5.41, 5.74) is 7.00. The molecule has 0 spiro atoms. The molecule has 0 amide bonds. The smallest absolute Gasteiger partial charge is 0.124 e. The number of allylic oxidation sites excluding steroid dienone is 2. The molecule has 1 atom stereocenters. The van der Waals surface area contributed by atoms with Crippen LogP contribution in [-0.4, -0.2) is 4.98 Å². The zero-order chi connectivity index (χ0) is 16.3. The lowest BCUT2D eigenvalue weighted by Crippen LogP contribution is -2.19. The Labute approximate surface area is 144 Å². The molecule has 5 rings (SSSR count). The van der Waals surface area contributed by atoms with Crippen LogP contribution in [0.1, 0.15) is 36.3 Å². The monoisotopic (exact) mass is 335 g/mol. The molecule has 1 heterocycles. The van der Waals surface area contributed by atoms with Crippen LogP contribution in [0.3, 0.4) is 0 Å². The Bertz CT molecular complexity index is 1020. The molecule has 1 aromatic heterocycles. The van der Waals surface area contributed by atoms with Crippen molar-refractivity contribution in [3.05, 3.63) is 70.6 Å². The normalized spacial score (nSPS) is 18.6. The lowest BCUT2D eigenvalue weighted by Gasteiger charge is -2.38. The highest BCUT2D eigenvalue weighted by Crippen LogP contribution is 2.55. The second-order valence-corrected chi connectivity index (χ2v) is 6.96. The lowest BCUT2D eigenvalue weighted by molar-refractivity contribution is 0.628. The molecule has 2 aliphatic carbocycles. The van der Waals surface area contributed by atoms with Gasteiger partial charge in [-0.15, -0.1) is 0 Å². The van der Waals surface area contributed by atoms with Gasteiger partial charge >= 0.3 is 0 Å². The molecule has 0 N–H and O–H groups in total. The summed E-state index contributed by atoms with van der Waals surface area (Å²) < 4.78 is 13.4. The predicted octanol–water partition coefficient (Wildman–Crippen LogP) is 6.36. The van der Waals surface area contributed by atoms with Crippen LogP contribution in [0.2, 0.25) is 5.02 Å². The summed E-state index contributed by atoms with van der Waals surface area (Å²) in [6.07, 6.45) is 7.81. The van der Waals surface area contributed by atoms with Crippen molar-refractivity contribution in [2.45, 2.75) is 25.2 Å². The highest BCUT2D eigenvalue weighted by molar-refractivity contribution is 6.33. The van der Waals surface area contributed by atoms with Crippen LogP contribution in [0.15, 0.2) is 48.7 Å². The molecular weight excluding hydrogens is 321 g/mol. The van der Waals surface area contributed by atoms with Gasteiger partial charge in [-0.3, -0.25) is 4.98 Å². The lowest BCUT2D eigenvalue weighted by atomic mass is 9.66. The molecule has 3 heteroatoms. The van der Waals surface area contributed by atoms with E-state index < -0.39 is 0 Å². The molecule has 0 fully saturated rings. The molecule has 1 unspecified atom stereocenters. The van der Waals surface area contributed by atoms with E-state index in [0.29, 0.717) is 10.9 Å². The fourth-order valence-corrected chi connectivity index (χ4v) is 4.45. The molecule has 2 aliphatic rings. The Morgan fingerprint density at radius 2 is 2.04 bits per heavy atom. The summed E-state index contributed by atoms with van der Waals surface area (Å²) in [6, 6.07) is 10.9. The number of hydrogen-bond donors (Lipinski definition) is 0. The fraction of sp³-hybridized carbons (Fsp3) is 0.190. The first-order valence-corrected chi connectivity index (χ1v) is 8.69. The highest BCUT2D eigenvalue weighted by Gasteiger charge is 2.35. The van der Waals surface area contributed by atoms with E-state index in [1.807, 2.05) is 6.07 Å². The minimum absolute atomic E-state index is 0.317. The van der Waals surface area contributed by atoms with E-state index in [9.17, 15) is 4.39 Å². The van der Waals surface area contributed by atoms with Crippen molar-refractivity contribution in [1.82, 2.24) is 4.98 Å². The summed E-state index contributed by atoms with van der Waals surface area (Å²) in [4.78, 5) is 4.61. The molecule has 24 heavy (non-hydrogen) atoms. The quantitative estimate of drug-likeness (QED) is 0.504. The average Bonchev–Trinajstić information content (AvgIpc) is 2.58. The van der Waals surface area contributed by atoms with Crippen LogP contribution in [0, 0.1) is 5.82 Å². The second kappa shape index (κ2) is 5.15. The zero-order valence-corrected chi connectivity index (χ0v) is 13.8. The third kappa shape index (κ3) is 1.90. The first kappa shape index (κ1) is 14.2. The maximum Gasteiger partial charge on any atom is 0.124 e. The maximum atomic E-state index is 13.4. The van der Waals surface area contributed by atoms with Gasteiger partial charge in [0.2, 0.25) is 0 Å². The first-order chi connectivity index (χ1) is 11.7. The van der Waals surface area contributed by atoms with Crippen molar-refractivity contribution in [3.63, 3.8) is 0 Å². The van der Waals surface area contributed by atoms with Gasteiger partial charge in [0.25, 0.3) is 0 Å².